The van der Waals surface area contributed by atoms with Crippen LogP contribution in [0.5, 0.6) is 0 Å². The highest BCUT2D eigenvalue weighted by Gasteiger charge is 2.23. The number of anilines is 1. The summed E-state index contributed by atoms with van der Waals surface area (Å²) in [5, 5.41) is 4.25. The highest BCUT2D eigenvalue weighted by Crippen LogP contribution is 2.25. The molecule has 118 valence electrons. The van der Waals surface area contributed by atoms with Crippen LogP contribution in [0.15, 0.2) is 35.2 Å². The molecule has 0 aliphatic carbocycles. The van der Waals surface area contributed by atoms with Crippen LogP contribution in [-0.2, 0) is 16.4 Å². The van der Waals surface area contributed by atoms with Gasteiger partial charge in [-0.05, 0) is 32.0 Å². The third-order valence-corrected chi connectivity index (χ3v) is 4.50. The number of carbonyl (C=O) groups is 1. The van der Waals surface area contributed by atoms with Crippen molar-refractivity contribution in [2.75, 3.05) is 18.2 Å². The zero-order valence-electron chi connectivity index (χ0n) is 13.1. The molecule has 0 fully saturated rings. The summed E-state index contributed by atoms with van der Waals surface area (Å²) in [5.74, 6) is -0.293. The molecule has 0 N–H and O–H groups in total. The summed E-state index contributed by atoms with van der Waals surface area (Å²) in [6, 6.07) is 8.16. The van der Waals surface area contributed by atoms with Crippen LogP contribution in [-0.4, -0.2) is 37.4 Å². The molecular formula is C15H19N3O3S. The Kier molecular flexibility index (Phi) is 4.37. The molecule has 22 heavy (non-hydrogen) atoms. The van der Waals surface area contributed by atoms with Gasteiger partial charge in [0.2, 0.25) is 0 Å². The Bertz CT molecular complexity index is 809. The van der Waals surface area contributed by atoms with Crippen LogP contribution in [0.2, 0.25) is 0 Å². The van der Waals surface area contributed by atoms with E-state index >= 15 is 0 Å². The number of para-hydroxylation sites is 1. The topological polar surface area (TPSA) is 72.3 Å². The number of sulfone groups is 1. The average molecular weight is 321 g/mol. The van der Waals surface area contributed by atoms with Crippen molar-refractivity contribution in [2.24, 2.45) is 0 Å². The quantitative estimate of drug-likeness (QED) is 0.862. The lowest BCUT2D eigenvalue weighted by molar-refractivity contribution is 0.0982. The monoisotopic (exact) mass is 321 g/mol. The van der Waals surface area contributed by atoms with Gasteiger partial charge < -0.3 is 4.90 Å². The van der Waals surface area contributed by atoms with E-state index in [1.807, 2.05) is 13.8 Å². The van der Waals surface area contributed by atoms with Gasteiger partial charge in [-0.25, -0.2) is 8.42 Å². The highest BCUT2D eigenvalue weighted by molar-refractivity contribution is 7.90. The van der Waals surface area contributed by atoms with Crippen molar-refractivity contribution in [2.45, 2.75) is 25.3 Å². The summed E-state index contributed by atoms with van der Waals surface area (Å²) in [5.41, 5.74) is 1.54. The minimum Gasteiger partial charge on any atom is -0.309 e. The normalized spacial score (nSPS) is 11.5. The Hall–Kier alpha value is -2.15. The molecule has 6 nitrogen and oxygen atoms in total. The number of hydrogen-bond acceptors (Lipinski definition) is 4. The maximum atomic E-state index is 12.7. The smallest absolute Gasteiger partial charge is 0.276 e. The van der Waals surface area contributed by atoms with Gasteiger partial charge in [-0.2, -0.15) is 5.10 Å². The lowest BCUT2D eigenvalue weighted by atomic mass is 10.2. The van der Waals surface area contributed by atoms with Crippen LogP contribution < -0.4 is 4.90 Å². The third-order valence-electron chi connectivity index (χ3n) is 3.35. The molecule has 0 unspecified atom stereocenters. The van der Waals surface area contributed by atoms with Crippen molar-refractivity contribution in [1.82, 2.24) is 9.78 Å². The van der Waals surface area contributed by atoms with Gasteiger partial charge in [0.05, 0.1) is 16.3 Å². The summed E-state index contributed by atoms with van der Waals surface area (Å²) in [4.78, 5) is 14.2. The Morgan fingerprint density at radius 1 is 1.32 bits per heavy atom. The Morgan fingerprint density at radius 3 is 2.55 bits per heavy atom. The summed E-state index contributed by atoms with van der Waals surface area (Å²) < 4.78 is 25.4. The van der Waals surface area contributed by atoms with Gasteiger partial charge in [0.15, 0.2) is 9.84 Å². The fourth-order valence-electron chi connectivity index (χ4n) is 2.29. The first-order valence-electron chi connectivity index (χ1n) is 6.87. The summed E-state index contributed by atoms with van der Waals surface area (Å²) >= 11 is 0. The van der Waals surface area contributed by atoms with E-state index < -0.39 is 9.84 Å². The molecule has 1 aromatic heterocycles. The van der Waals surface area contributed by atoms with E-state index in [4.69, 9.17) is 0 Å². The van der Waals surface area contributed by atoms with Crippen LogP contribution in [0.4, 0.5) is 5.69 Å². The Labute approximate surface area is 130 Å². The van der Waals surface area contributed by atoms with E-state index in [-0.39, 0.29) is 10.8 Å². The lowest BCUT2D eigenvalue weighted by Gasteiger charge is -2.20. The minimum atomic E-state index is -3.42. The first-order chi connectivity index (χ1) is 10.3. The van der Waals surface area contributed by atoms with Gasteiger partial charge >= 0.3 is 0 Å². The predicted molar refractivity (Wildman–Crippen MR) is 84.9 cm³/mol. The van der Waals surface area contributed by atoms with E-state index in [0.717, 1.165) is 11.9 Å². The molecule has 7 heteroatoms. The van der Waals surface area contributed by atoms with Crippen LogP contribution in [0.3, 0.4) is 0 Å². The first-order valence-corrected chi connectivity index (χ1v) is 8.76. The number of carbonyl (C=O) groups excluding carboxylic acids is 1. The molecule has 1 amide bonds. The van der Waals surface area contributed by atoms with Crippen LogP contribution >= 0.6 is 0 Å². The predicted octanol–water partition coefficient (Wildman–Crippen LogP) is 1.89. The van der Waals surface area contributed by atoms with Gasteiger partial charge in [-0.3, -0.25) is 9.48 Å². The molecule has 0 aliphatic heterocycles. The molecule has 0 bridgehead atoms. The fourth-order valence-corrected chi connectivity index (χ4v) is 3.20. The van der Waals surface area contributed by atoms with E-state index in [1.54, 1.807) is 36.0 Å². The molecule has 2 aromatic rings. The van der Waals surface area contributed by atoms with Crippen molar-refractivity contribution >= 4 is 21.4 Å². The zero-order valence-corrected chi connectivity index (χ0v) is 13.9. The molecule has 0 radical (unpaired) electrons. The molecule has 0 saturated carbocycles. The molecular weight excluding hydrogens is 302 g/mol. The number of nitrogens with zero attached hydrogens (tertiary/aromatic N) is 3. The van der Waals surface area contributed by atoms with Crippen molar-refractivity contribution in [3.8, 4) is 0 Å². The lowest BCUT2D eigenvalue weighted by Crippen LogP contribution is -2.29. The summed E-state index contributed by atoms with van der Waals surface area (Å²) in [7, 11) is -1.86. The van der Waals surface area contributed by atoms with Crippen LogP contribution in [0.1, 0.15) is 23.1 Å². The number of benzene rings is 1. The van der Waals surface area contributed by atoms with Gasteiger partial charge in [-0.15, -0.1) is 0 Å². The number of hydrogen-bond donors (Lipinski definition) is 0. The fraction of sp³-hybridized carbons (Fsp3) is 0.333. The highest BCUT2D eigenvalue weighted by atomic mass is 32.2. The standard InChI is InChI=1S/C15H19N3O3S/c1-5-18-13(10-11(2)16-18)15(19)17(3)12-8-6-7-9-14(12)22(4,20)21/h6-10H,5H2,1-4H3. The molecule has 0 aliphatic rings. The average Bonchev–Trinajstić information content (AvgIpc) is 2.86. The minimum absolute atomic E-state index is 0.130. The zero-order chi connectivity index (χ0) is 16.5. The van der Waals surface area contributed by atoms with Crippen LogP contribution in [0, 0.1) is 6.92 Å². The summed E-state index contributed by atoms with van der Waals surface area (Å²) in [6.45, 7) is 4.28. The molecule has 2 rings (SSSR count). The van der Waals surface area contributed by atoms with E-state index in [2.05, 4.69) is 5.10 Å². The second-order valence-electron chi connectivity index (χ2n) is 5.09. The second kappa shape index (κ2) is 5.92. The largest absolute Gasteiger partial charge is 0.309 e. The van der Waals surface area contributed by atoms with Gasteiger partial charge in [0.1, 0.15) is 5.69 Å². The van der Waals surface area contributed by atoms with Crippen molar-refractivity contribution in [3.63, 3.8) is 0 Å². The molecule has 0 atom stereocenters. The molecule has 1 aromatic carbocycles. The maximum Gasteiger partial charge on any atom is 0.276 e. The van der Waals surface area contributed by atoms with Crippen LogP contribution in [0.25, 0.3) is 0 Å². The Morgan fingerprint density at radius 2 is 1.95 bits per heavy atom. The maximum absolute atomic E-state index is 12.7. The van der Waals surface area contributed by atoms with Gasteiger partial charge in [0, 0.05) is 19.8 Å². The van der Waals surface area contributed by atoms with Gasteiger partial charge in [0.25, 0.3) is 5.91 Å². The SMILES string of the molecule is CCn1nc(C)cc1C(=O)N(C)c1ccccc1S(C)(=O)=O. The summed E-state index contributed by atoms with van der Waals surface area (Å²) in [6.07, 6.45) is 1.13. The van der Waals surface area contributed by atoms with E-state index in [1.165, 1.54) is 11.0 Å². The van der Waals surface area contributed by atoms with Gasteiger partial charge in [-0.1, -0.05) is 12.1 Å². The number of amides is 1. The molecule has 1 heterocycles. The molecule has 0 saturated heterocycles. The number of aromatic nitrogens is 2. The third kappa shape index (κ3) is 3.04. The van der Waals surface area contributed by atoms with Crippen molar-refractivity contribution in [1.29, 1.82) is 0 Å². The number of aryl methyl sites for hydroxylation is 2. The second-order valence-corrected chi connectivity index (χ2v) is 7.07. The first kappa shape index (κ1) is 16.2. The van der Waals surface area contributed by atoms with Crippen molar-refractivity contribution < 1.29 is 13.2 Å². The van der Waals surface area contributed by atoms with E-state index in [9.17, 15) is 13.2 Å². The van der Waals surface area contributed by atoms with Crippen molar-refractivity contribution in [3.05, 3.63) is 41.7 Å². The number of rotatable bonds is 4. The Balaban J connectivity index is 2.49. The molecule has 0 spiro atoms. The van der Waals surface area contributed by atoms with E-state index in [0.29, 0.717) is 17.9 Å².